The highest BCUT2D eigenvalue weighted by atomic mass is 19.1. The van der Waals surface area contributed by atoms with E-state index in [0.29, 0.717) is 12.1 Å². The van der Waals surface area contributed by atoms with Crippen LogP contribution < -0.4 is 11.1 Å². The third-order valence-corrected chi connectivity index (χ3v) is 2.84. The number of carbonyl (C=O) groups is 1. The van der Waals surface area contributed by atoms with E-state index < -0.39 is 0 Å². The van der Waals surface area contributed by atoms with E-state index in [-0.39, 0.29) is 23.7 Å². The summed E-state index contributed by atoms with van der Waals surface area (Å²) in [4.78, 5) is 11.6. The average molecular weight is 238 g/mol. The zero-order chi connectivity index (χ0) is 13.0. The topological polar surface area (TPSA) is 55.1 Å². The molecule has 0 bridgehead atoms. The minimum absolute atomic E-state index is 0.0815. The van der Waals surface area contributed by atoms with Crippen molar-refractivity contribution in [2.24, 2.45) is 11.7 Å². The van der Waals surface area contributed by atoms with Crippen LogP contribution in [0.5, 0.6) is 0 Å². The molecule has 0 aliphatic rings. The van der Waals surface area contributed by atoms with Crippen molar-refractivity contribution in [1.29, 1.82) is 0 Å². The number of nitrogens with two attached hydrogens (primary N) is 1. The van der Waals surface area contributed by atoms with E-state index in [2.05, 4.69) is 5.32 Å². The van der Waals surface area contributed by atoms with Crippen LogP contribution in [0.3, 0.4) is 0 Å². The maximum absolute atomic E-state index is 13.1. The normalized spacial score (nSPS) is 14.2. The molecule has 4 heteroatoms. The summed E-state index contributed by atoms with van der Waals surface area (Å²) in [7, 11) is 0. The Kier molecular flexibility index (Phi) is 4.63. The Morgan fingerprint density at radius 2 is 2.12 bits per heavy atom. The first kappa shape index (κ1) is 13.6. The van der Waals surface area contributed by atoms with Gasteiger partial charge in [-0.05, 0) is 31.0 Å². The van der Waals surface area contributed by atoms with E-state index in [1.807, 2.05) is 6.92 Å². The molecule has 94 valence electrons. The van der Waals surface area contributed by atoms with Crippen LogP contribution in [0.1, 0.15) is 31.0 Å². The molecule has 17 heavy (non-hydrogen) atoms. The van der Waals surface area contributed by atoms with Crippen LogP contribution >= 0.6 is 0 Å². The summed E-state index contributed by atoms with van der Waals surface area (Å²) < 4.78 is 13.1. The quantitative estimate of drug-likeness (QED) is 0.841. The van der Waals surface area contributed by atoms with E-state index in [0.717, 1.165) is 5.56 Å². The zero-order valence-corrected chi connectivity index (χ0v) is 10.5. The monoisotopic (exact) mass is 238 g/mol. The molecular formula is C13H19FN2O. The van der Waals surface area contributed by atoms with Crippen molar-refractivity contribution in [2.75, 3.05) is 6.54 Å². The third-order valence-electron chi connectivity index (χ3n) is 2.84. The molecule has 1 aromatic rings. The summed E-state index contributed by atoms with van der Waals surface area (Å²) in [5, 5.41) is 2.85. The minimum Gasteiger partial charge on any atom is -0.349 e. The highest BCUT2D eigenvalue weighted by Crippen LogP contribution is 2.16. The second-order valence-corrected chi connectivity index (χ2v) is 4.38. The molecule has 3 nitrogen and oxygen atoms in total. The van der Waals surface area contributed by atoms with E-state index in [1.165, 1.54) is 6.07 Å². The van der Waals surface area contributed by atoms with Crippen molar-refractivity contribution in [3.8, 4) is 0 Å². The number of hydrogen-bond acceptors (Lipinski definition) is 2. The van der Waals surface area contributed by atoms with Gasteiger partial charge in [0.2, 0.25) is 5.91 Å². The Labute approximate surface area is 101 Å². The van der Waals surface area contributed by atoms with Crippen LogP contribution in [-0.4, -0.2) is 12.5 Å². The molecule has 0 heterocycles. The van der Waals surface area contributed by atoms with Gasteiger partial charge in [-0.15, -0.1) is 0 Å². The predicted molar refractivity (Wildman–Crippen MR) is 65.9 cm³/mol. The summed E-state index contributed by atoms with van der Waals surface area (Å²) in [6.45, 7) is 5.67. The molecule has 2 atom stereocenters. The Balaban J connectivity index is 2.73. The highest BCUT2D eigenvalue weighted by Gasteiger charge is 2.15. The molecule has 0 saturated carbocycles. The molecule has 1 amide bonds. The smallest absolute Gasteiger partial charge is 0.224 e. The van der Waals surface area contributed by atoms with Crippen LogP contribution in [0.4, 0.5) is 4.39 Å². The fraction of sp³-hybridized carbons (Fsp3) is 0.462. The number of halogens is 1. The van der Waals surface area contributed by atoms with E-state index in [1.54, 1.807) is 26.0 Å². The summed E-state index contributed by atoms with van der Waals surface area (Å²) in [5.41, 5.74) is 6.89. The van der Waals surface area contributed by atoms with Crippen molar-refractivity contribution in [3.63, 3.8) is 0 Å². The van der Waals surface area contributed by atoms with E-state index in [4.69, 9.17) is 5.73 Å². The standard InChI is InChI=1S/C13H19FN2O/c1-8-6-11(4-5-12(8)14)10(3)16-13(17)9(2)7-15/h4-6,9-10H,7,15H2,1-3H3,(H,16,17). The number of aryl methyl sites for hydroxylation is 1. The summed E-state index contributed by atoms with van der Waals surface area (Å²) in [5.74, 6) is -0.524. The van der Waals surface area contributed by atoms with Gasteiger partial charge in [-0.2, -0.15) is 0 Å². The number of hydrogen-bond donors (Lipinski definition) is 2. The zero-order valence-electron chi connectivity index (χ0n) is 10.5. The molecule has 0 aliphatic carbocycles. The largest absolute Gasteiger partial charge is 0.349 e. The Bertz CT molecular complexity index is 406. The minimum atomic E-state index is -0.234. The molecule has 3 N–H and O–H groups in total. The second kappa shape index (κ2) is 5.77. The second-order valence-electron chi connectivity index (χ2n) is 4.38. The van der Waals surface area contributed by atoms with Gasteiger partial charge in [0.05, 0.1) is 6.04 Å². The summed E-state index contributed by atoms with van der Waals surface area (Å²) in [6.07, 6.45) is 0. The number of nitrogens with one attached hydrogen (secondary N) is 1. The highest BCUT2D eigenvalue weighted by molar-refractivity contribution is 5.78. The molecule has 0 aliphatic heterocycles. The van der Waals surface area contributed by atoms with Crippen molar-refractivity contribution in [3.05, 3.63) is 35.1 Å². The average Bonchev–Trinajstić information content (AvgIpc) is 2.31. The van der Waals surface area contributed by atoms with Crippen molar-refractivity contribution in [1.82, 2.24) is 5.32 Å². The van der Waals surface area contributed by atoms with Gasteiger partial charge < -0.3 is 11.1 Å². The fourth-order valence-electron chi connectivity index (χ4n) is 1.48. The molecule has 1 rings (SSSR count). The fourth-order valence-corrected chi connectivity index (χ4v) is 1.48. The van der Waals surface area contributed by atoms with E-state index in [9.17, 15) is 9.18 Å². The number of carbonyl (C=O) groups excluding carboxylic acids is 1. The molecule has 0 radical (unpaired) electrons. The lowest BCUT2D eigenvalue weighted by Gasteiger charge is -2.17. The molecule has 0 spiro atoms. The molecule has 1 aromatic carbocycles. The maximum atomic E-state index is 13.1. The third kappa shape index (κ3) is 3.53. The van der Waals surface area contributed by atoms with Gasteiger partial charge in [0, 0.05) is 12.5 Å². The molecule has 0 saturated heterocycles. The van der Waals surface area contributed by atoms with Gasteiger partial charge in [0.1, 0.15) is 5.82 Å². The van der Waals surface area contributed by atoms with Crippen LogP contribution in [0.15, 0.2) is 18.2 Å². The number of benzene rings is 1. The van der Waals surface area contributed by atoms with Crippen LogP contribution in [0, 0.1) is 18.7 Å². The lowest BCUT2D eigenvalue weighted by atomic mass is 10.0. The SMILES string of the molecule is Cc1cc(C(C)NC(=O)C(C)CN)ccc1F. The lowest BCUT2D eigenvalue weighted by molar-refractivity contribution is -0.124. The first-order chi connectivity index (χ1) is 7.95. The Morgan fingerprint density at radius 3 is 2.65 bits per heavy atom. The van der Waals surface area contributed by atoms with Gasteiger partial charge >= 0.3 is 0 Å². The van der Waals surface area contributed by atoms with E-state index >= 15 is 0 Å². The van der Waals surface area contributed by atoms with Gasteiger partial charge in [0.15, 0.2) is 0 Å². The van der Waals surface area contributed by atoms with Crippen molar-refractivity contribution in [2.45, 2.75) is 26.8 Å². The van der Waals surface area contributed by atoms with Gasteiger partial charge in [0.25, 0.3) is 0 Å². The van der Waals surface area contributed by atoms with Crippen molar-refractivity contribution >= 4 is 5.91 Å². The maximum Gasteiger partial charge on any atom is 0.224 e. The van der Waals surface area contributed by atoms with Crippen LogP contribution in [-0.2, 0) is 4.79 Å². The first-order valence-electron chi connectivity index (χ1n) is 5.72. The number of amides is 1. The van der Waals surface area contributed by atoms with Crippen LogP contribution in [0.25, 0.3) is 0 Å². The van der Waals surface area contributed by atoms with Crippen LogP contribution in [0.2, 0.25) is 0 Å². The van der Waals surface area contributed by atoms with Crippen molar-refractivity contribution < 1.29 is 9.18 Å². The lowest BCUT2D eigenvalue weighted by Crippen LogP contribution is -2.34. The molecular weight excluding hydrogens is 219 g/mol. The molecule has 0 fully saturated rings. The van der Waals surface area contributed by atoms with Gasteiger partial charge in [-0.3, -0.25) is 4.79 Å². The van der Waals surface area contributed by atoms with Gasteiger partial charge in [-0.25, -0.2) is 4.39 Å². The molecule has 2 unspecified atom stereocenters. The predicted octanol–water partition coefficient (Wildman–Crippen LogP) is 1.91. The Hall–Kier alpha value is -1.42. The molecule has 0 aromatic heterocycles. The summed E-state index contributed by atoms with van der Waals surface area (Å²) in [6, 6.07) is 4.70. The Morgan fingerprint density at radius 1 is 1.47 bits per heavy atom. The number of rotatable bonds is 4. The summed E-state index contributed by atoms with van der Waals surface area (Å²) >= 11 is 0. The van der Waals surface area contributed by atoms with Gasteiger partial charge in [-0.1, -0.05) is 19.1 Å². The first-order valence-corrected chi connectivity index (χ1v) is 5.72.